The van der Waals surface area contributed by atoms with Crippen molar-refractivity contribution in [2.45, 2.75) is 25.8 Å². The van der Waals surface area contributed by atoms with E-state index in [0.717, 1.165) is 37.2 Å². The van der Waals surface area contributed by atoms with E-state index in [-0.39, 0.29) is 24.0 Å². The smallest absolute Gasteiger partial charge is 0.190 e. The fraction of sp³-hybridized carbons (Fsp3) is 0.708. The van der Waals surface area contributed by atoms with Crippen molar-refractivity contribution in [3.8, 4) is 0 Å². The van der Waals surface area contributed by atoms with E-state index in [1.165, 1.54) is 44.6 Å². The molecule has 0 bridgehead atoms. The quantitative estimate of drug-likeness (QED) is 0.296. The summed E-state index contributed by atoms with van der Waals surface area (Å²) in [5.41, 5.74) is 1.31. The van der Waals surface area contributed by atoms with Gasteiger partial charge in [-0.3, -0.25) is 9.89 Å². The number of likely N-dealkylation sites (tertiary alicyclic amines) is 1. The number of piperazine rings is 1. The second-order valence-corrected chi connectivity index (χ2v) is 9.86. The summed E-state index contributed by atoms with van der Waals surface area (Å²) < 4.78 is 0. The molecule has 0 amide bonds. The molecular formula is C24H42ClIN6. The lowest BCUT2D eigenvalue weighted by molar-refractivity contribution is 0.122. The lowest BCUT2D eigenvalue weighted by atomic mass is 9.85. The number of piperidine rings is 1. The highest BCUT2D eigenvalue weighted by Gasteiger charge is 2.30. The summed E-state index contributed by atoms with van der Waals surface area (Å²) >= 11 is 6.29. The maximum Gasteiger partial charge on any atom is 0.190 e. The summed E-state index contributed by atoms with van der Waals surface area (Å²) in [6, 6.07) is 8.73. The number of guanidine groups is 1. The van der Waals surface area contributed by atoms with E-state index in [1.807, 2.05) is 13.1 Å². The Kier molecular flexibility index (Phi) is 12.0. The maximum absolute atomic E-state index is 6.29. The topological polar surface area (TPSA) is 46.1 Å². The lowest BCUT2D eigenvalue weighted by Gasteiger charge is -2.40. The van der Waals surface area contributed by atoms with Crippen LogP contribution in [-0.4, -0.2) is 94.2 Å². The maximum atomic E-state index is 6.29. The van der Waals surface area contributed by atoms with Crippen molar-refractivity contribution in [2.24, 2.45) is 16.8 Å². The van der Waals surface area contributed by atoms with Crippen LogP contribution in [-0.2, 0) is 0 Å². The summed E-state index contributed by atoms with van der Waals surface area (Å²) in [5, 5.41) is 7.96. The van der Waals surface area contributed by atoms with Crippen molar-refractivity contribution < 1.29 is 0 Å². The average Bonchev–Trinajstić information content (AvgIpc) is 2.75. The second kappa shape index (κ2) is 13.9. The normalized spacial score (nSPS) is 24.6. The van der Waals surface area contributed by atoms with Gasteiger partial charge in [0.15, 0.2) is 5.96 Å². The Morgan fingerprint density at radius 3 is 2.59 bits per heavy atom. The number of nitrogens with one attached hydrogen (secondary N) is 2. The Balaban J connectivity index is 0.00000363. The van der Waals surface area contributed by atoms with Crippen LogP contribution in [0.4, 0.5) is 0 Å². The highest BCUT2D eigenvalue weighted by atomic mass is 127. The van der Waals surface area contributed by atoms with E-state index in [9.17, 15) is 0 Å². The highest BCUT2D eigenvalue weighted by molar-refractivity contribution is 14.0. The SMILES string of the molecule is CN=C(NCC(C)CN1CCN(C)CC1)NCC1CCCN(C)C1c1cccc(Cl)c1.I. The minimum Gasteiger partial charge on any atom is -0.356 e. The van der Waals surface area contributed by atoms with Crippen LogP contribution in [0, 0.1) is 11.8 Å². The van der Waals surface area contributed by atoms with Crippen molar-refractivity contribution in [3.63, 3.8) is 0 Å². The number of halogens is 2. The fourth-order valence-electron chi connectivity index (χ4n) is 4.95. The number of aliphatic imine (C=N–C) groups is 1. The predicted octanol–water partition coefficient (Wildman–Crippen LogP) is 3.39. The van der Waals surface area contributed by atoms with Gasteiger partial charge in [-0.05, 0) is 63.0 Å². The van der Waals surface area contributed by atoms with Crippen molar-refractivity contribution in [1.29, 1.82) is 0 Å². The molecule has 0 spiro atoms. The molecule has 32 heavy (non-hydrogen) atoms. The van der Waals surface area contributed by atoms with Gasteiger partial charge in [0.2, 0.25) is 0 Å². The Hall–Kier alpha value is -0.610. The van der Waals surface area contributed by atoms with E-state index in [4.69, 9.17) is 11.6 Å². The molecule has 1 aromatic rings. The largest absolute Gasteiger partial charge is 0.356 e. The Morgan fingerprint density at radius 2 is 1.91 bits per heavy atom. The van der Waals surface area contributed by atoms with Crippen LogP contribution < -0.4 is 10.6 Å². The molecular weight excluding hydrogens is 535 g/mol. The first-order chi connectivity index (χ1) is 15.0. The van der Waals surface area contributed by atoms with Crippen LogP contribution in [0.2, 0.25) is 5.02 Å². The molecule has 0 aromatic heterocycles. The van der Waals surface area contributed by atoms with Crippen molar-refractivity contribution in [3.05, 3.63) is 34.9 Å². The Labute approximate surface area is 217 Å². The molecule has 2 aliphatic heterocycles. The van der Waals surface area contributed by atoms with Gasteiger partial charge in [0.1, 0.15) is 0 Å². The van der Waals surface area contributed by atoms with Crippen molar-refractivity contribution >= 4 is 41.5 Å². The molecule has 2 aliphatic rings. The summed E-state index contributed by atoms with van der Waals surface area (Å²) in [4.78, 5) is 11.9. The molecule has 182 valence electrons. The zero-order valence-electron chi connectivity index (χ0n) is 20.2. The van der Waals surface area contributed by atoms with Gasteiger partial charge < -0.3 is 20.4 Å². The van der Waals surface area contributed by atoms with Gasteiger partial charge in [-0.2, -0.15) is 0 Å². The van der Waals surface area contributed by atoms with Crippen LogP contribution >= 0.6 is 35.6 Å². The number of benzene rings is 1. The average molecular weight is 577 g/mol. The zero-order valence-corrected chi connectivity index (χ0v) is 23.3. The van der Waals surface area contributed by atoms with Gasteiger partial charge in [-0.25, -0.2) is 0 Å². The molecule has 2 N–H and O–H groups in total. The molecule has 3 rings (SSSR count). The molecule has 0 radical (unpaired) electrons. The number of nitrogens with zero attached hydrogens (tertiary/aromatic N) is 4. The van der Waals surface area contributed by atoms with E-state index < -0.39 is 0 Å². The molecule has 2 fully saturated rings. The Morgan fingerprint density at radius 1 is 1.16 bits per heavy atom. The van der Waals surface area contributed by atoms with E-state index in [0.29, 0.717) is 17.9 Å². The van der Waals surface area contributed by atoms with Gasteiger partial charge in [0.05, 0.1) is 0 Å². The molecule has 6 nitrogen and oxygen atoms in total. The Bertz CT molecular complexity index is 709. The van der Waals surface area contributed by atoms with Gasteiger partial charge >= 0.3 is 0 Å². The molecule has 0 aliphatic carbocycles. The molecule has 3 atom stereocenters. The van der Waals surface area contributed by atoms with Crippen molar-refractivity contribution in [1.82, 2.24) is 25.3 Å². The monoisotopic (exact) mass is 576 g/mol. The van der Waals surface area contributed by atoms with Crippen LogP contribution in [0.3, 0.4) is 0 Å². The third-order valence-electron chi connectivity index (χ3n) is 6.74. The van der Waals surface area contributed by atoms with Crippen LogP contribution in [0.5, 0.6) is 0 Å². The van der Waals surface area contributed by atoms with Crippen LogP contribution in [0.15, 0.2) is 29.3 Å². The summed E-state index contributed by atoms with van der Waals surface area (Å²) in [6.45, 7) is 11.1. The first-order valence-electron chi connectivity index (χ1n) is 11.8. The molecule has 1 aromatic carbocycles. The highest BCUT2D eigenvalue weighted by Crippen LogP contribution is 2.35. The fourth-order valence-corrected chi connectivity index (χ4v) is 5.14. The predicted molar refractivity (Wildman–Crippen MR) is 147 cm³/mol. The lowest BCUT2D eigenvalue weighted by Crippen LogP contribution is -2.48. The van der Waals surface area contributed by atoms with Crippen LogP contribution in [0.1, 0.15) is 31.4 Å². The molecule has 8 heteroatoms. The van der Waals surface area contributed by atoms with E-state index in [1.54, 1.807) is 0 Å². The standard InChI is InChI=1S/C24H41ClN6.HI/c1-19(18-31-13-11-29(3)12-14-31)16-27-24(26-2)28-17-21-8-6-10-30(4)23(21)20-7-5-9-22(25)15-20;/h5,7,9,15,19,21,23H,6,8,10-14,16-18H2,1-4H3,(H2,26,27,28);1H. The summed E-state index contributed by atoms with van der Waals surface area (Å²) in [5.74, 6) is 2.02. The molecule has 0 saturated carbocycles. The second-order valence-electron chi connectivity index (χ2n) is 9.43. The zero-order chi connectivity index (χ0) is 22.2. The van der Waals surface area contributed by atoms with Crippen molar-refractivity contribution in [2.75, 3.05) is 73.5 Å². The van der Waals surface area contributed by atoms with E-state index in [2.05, 4.69) is 69.5 Å². The summed E-state index contributed by atoms with van der Waals surface area (Å²) in [6.07, 6.45) is 2.44. The first-order valence-corrected chi connectivity index (χ1v) is 12.1. The van der Waals surface area contributed by atoms with Gasteiger partial charge in [0.25, 0.3) is 0 Å². The third-order valence-corrected chi connectivity index (χ3v) is 6.97. The molecule has 3 unspecified atom stereocenters. The number of hydrogen-bond acceptors (Lipinski definition) is 4. The first kappa shape index (κ1) is 27.6. The van der Waals surface area contributed by atoms with Gasteiger partial charge in [0, 0.05) is 63.9 Å². The molecule has 2 heterocycles. The number of hydrogen-bond donors (Lipinski definition) is 2. The minimum atomic E-state index is 0. The minimum absolute atomic E-state index is 0. The third kappa shape index (κ3) is 8.31. The van der Waals surface area contributed by atoms with E-state index >= 15 is 0 Å². The van der Waals surface area contributed by atoms with Gasteiger partial charge in [-0.1, -0.05) is 30.7 Å². The summed E-state index contributed by atoms with van der Waals surface area (Å²) in [7, 11) is 6.30. The number of likely N-dealkylation sites (N-methyl/N-ethyl adjacent to an activating group) is 1. The van der Waals surface area contributed by atoms with Crippen LogP contribution in [0.25, 0.3) is 0 Å². The van der Waals surface area contributed by atoms with Gasteiger partial charge in [-0.15, -0.1) is 24.0 Å². The molecule has 2 saturated heterocycles. The number of rotatable bonds is 7.